The Hall–Kier alpha value is -0.700. The molecular weight excluding hydrogens is 466 g/mol. The molecule has 0 rings (SSSR count). The number of hydrogen-bond donors (Lipinski definition) is 0. The molecule has 0 bridgehead atoms. The molecule has 3 heteroatoms. The number of unbranched alkanes of at least 4 members (excludes halogenated alkanes) is 24. The highest BCUT2D eigenvalue weighted by Crippen LogP contribution is 2.18. The molecule has 0 aliphatic carbocycles. The van der Waals surface area contributed by atoms with Gasteiger partial charge in [-0.25, -0.2) is 14.1 Å². The summed E-state index contributed by atoms with van der Waals surface area (Å²) >= 11 is 0. The van der Waals surface area contributed by atoms with Gasteiger partial charge in [0.1, 0.15) is 0 Å². The van der Waals surface area contributed by atoms with E-state index in [0.717, 1.165) is 25.7 Å². The van der Waals surface area contributed by atoms with Crippen molar-refractivity contribution in [2.24, 2.45) is 0 Å². The second-order valence-corrected chi connectivity index (χ2v) is 12.3. The van der Waals surface area contributed by atoms with Crippen molar-refractivity contribution in [1.82, 2.24) is 0 Å². The van der Waals surface area contributed by atoms with Crippen LogP contribution in [-0.4, -0.2) is 29.9 Å². The molecule has 0 unspecified atom stereocenters. The summed E-state index contributed by atoms with van der Waals surface area (Å²) in [5, 5.41) is 0. The highest BCUT2D eigenvalue weighted by molar-refractivity contribution is 5.84. The summed E-state index contributed by atoms with van der Waals surface area (Å²) in [5.41, 5.74) is 0. The molecule has 0 radical (unpaired) electrons. The van der Waals surface area contributed by atoms with Crippen LogP contribution in [0.1, 0.15) is 201 Å². The van der Waals surface area contributed by atoms with Crippen molar-refractivity contribution < 1.29 is 14.1 Å². The van der Waals surface area contributed by atoms with Gasteiger partial charge < -0.3 is 0 Å². The number of carbonyl (C=O) groups excluding carboxylic acids is 2. The van der Waals surface area contributed by atoms with Crippen LogP contribution in [0.4, 0.5) is 0 Å². The van der Waals surface area contributed by atoms with Gasteiger partial charge in [-0.1, -0.05) is 168 Å². The number of rotatable bonds is 29. The maximum atomic E-state index is 12.9. The van der Waals surface area contributed by atoms with E-state index in [4.69, 9.17) is 0 Å². The first-order valence-electron chi connectivity index (χ1n) is 17.4. The van der Waals surface area contributed by atoms with E-state index in [9.17, 15) is 9.59 Å². The van der Waals surface area contributed by atoms with Crippen molar-refractivity contribution in [3.63, 3.8) is 0 Å². The van der Waals surface area contributed by atoms with Crippen molar-refractivity contribution in [3.8, 4) is 0 Å². The van der Waals surface area contributed by atoms with E-state index in [1.165, 1.54) is 141 Å². The van der Waals surface area contributed by atoms with E-state index in [-0.39, 0.29) is 16.3 Å². The lowest BCUT2D eigenvalue weighted by molar-refractivity contribution is -0.756. The maximum absolute atomic E-state index is 12.9. The van der Waals surface area contributed by atoms with E-state index < -0.39 is 0 Å². The maximum Gasteiger partial charge on any atom is 0.320 e. The molecule has 38 heavy (non-hydrogen) atoms. The van der Waals surface area contributed by atoms with E-state index in [0.29, 0.717) is 19.4 Å². The van der Waals surface area contributed by atoms with E-state index in [2.05, 4.69) is 13.8 Å². The van der Waals surface area contributed by atoms with Crippen LogP contribution in [0, 0.1) is 0 Å². The van der Waals surface area contributed by atoms with Crippen LogP contribution in [0.3, 0.4) is 0 Å². The van der Waals surface area contributed by atoms with Crippen molar-refractivity contribution in [1.29, 1.82) is 0 Å². The molecule has 2 amide bonds. The summed E-state index contributed by atoms with van der Waals surface area (Å²) in [5.74, 6) is 0.269. The molecule has 0 atom stereocenters. The number of nitrogens with zero attached hydrogens (tertiary/aromatic N) is 1. The van der Waals surface area contributed by atoms with Crippen molar-refractivity contribution >= 4 is 11.8 Å². The Bertz CT molecular complexity index is 488. The van der Waals surface area contributed by atoms with Gasteiger partial charge in [0.05, 0.1) is 26.4 Å². The molecule has 0 fully saturated rings. The van der Waals surface area contributed by atoms with Crippen LogP contribution in [0.15, 0.2) is 0 Å². The van der Waals surface area contributed by atoms with Gasteiger partial charge >= 0.3 is 11.8 Å². The summed E-state index contributed by atoms with van der Waals surface area (Å²) < 4.78 is 0.0104. The number of amides is 2. The Morgan fingerprint density at radius 2 is 0.579 bits per heavy atom. The Morgan fingerprint density at radius 1 is 0.368 bits per heavy atom. The molecule has 0 aromatic heterocycles. The van der Waals surface area contributed by atoms with E-state index >= 15 is 0 Å². The van der Waals surface area contributed by atoms with Gasteiger partial charge in [-0.2, -0.15) is 0 Å². The lowest BCUT2D eigenvalue weighted by atomic mass is 10.0. The molecule has 0 aliphatic heterocycles. The Kier molecular flexibility index (Phi) is 27.3. The SMILES string of the molecule is CCCCCCCCCCCCCCCC(=O)[N+](C)(CC)C(=O)CCCCCCCCCCCCCCC. The van der Waals surface area contributed by atoms with E-state index in [1.807, 2.05) is 14.0 Å². The fourth-order valence-corrected chi connectivity index (χ4v) is 5.57. The number of carbonyl (C=O) groups is 2. The second kappa shape index (κ2) is 27.9. The summed E-state index contributed by atoms with van der Waals surface area (Å²) in [6.07, 6.45) is 35.2. The first-order valence-corrected chi connectivity index (χ1v) is 17.4. The molecule has 226 valence electrons. The standard InChI is InChI=1S/C35H70NO2/c1-5-8-10-12-14-16-18-20-22-24-26-28-30-32-34(37)36(4,7-3)35(38)33-31-29-27-25-23-21-19-17-15-13-11-9-6-2/h5-33H2,1-4H3/q+1. The molecule has 0 aromatic carbocycles. The molecule has 0 spiro atoms. The van der Waals surface area contributed by atoms with Gasteiger partial charge in [0.25, 0.3) is 0 Å². The molecule has 3 nitrogen and oxygen atoms in total. The van der Waals surface area contributed by atoms with Crippen LogP contribution in [0.5, 0.6) is 0 Å². The highest BCUT2D eigenvalue weighted by Gasteiger charge is 2.36. The average molecular weight is 537 g/mol. The summed E-state index contributed by atoms with van der Waals surface area (Å²) in [7, 11) is 1.86. The zero-order chi connectivity index (χ0) is 28.2. The van der Waals surface area contributed by atoms with Gasteiger partial charge in [-0.15, -0.1) is 0 Å². The zero-order valence-corrected chi connectivity index (χ0v) is 26.8. The van der Waals surface area contributed by atoms with Crippen LogP contribution < -0.4 is 0 Å². The molecule has 0 saturated heterocycles. The predicted octanol–water partition coefficient (Wildman–Crippen LogP) is 11.5. The summed E-state index contributed by atoms with van der Waals surface area (Å²) in [6, 6.07) is 0. The first-order chi connectivity index (χ1) is 18.5. The van der Waals surface area contributed by atoms with Gasteiger partial charge in [-0.3, -0.25) is 0 Å². The van der Waals surface area contributed by atoms with Crippen LogP contribution >= 0.6 is 0 Å². The lowest BCUT2D eigenvalue weighted by Gasteiger charge is -2.27. The zero-order valence-electron chi connectivity index (χ0n) is 26.8. The topological polar surface area (TPSA) is 34.1 Å². The van der Waals surface area contributed by atoms with Crippen molar-refractivity contribution in [2.75, 3.05) is 13.6 Å². The fraction of sp³-hybridized carbons (Fsp3) is 0.943. The third kappa shape index (κ3) is 21.2. The third-order valence-electron chi connectivity index (χ3n) is 8.72. The van der Waals surface area contributed by atoms with Crippen molar-refractivity contribution in [2.45, 2.75) is 201 Å². The minimum atomic E-state index is 0.0104. The summed E-state index contributed by atoms with van der Waals surface area (Å²) in [6.45, 7) is 7.13. The molecule has 0 aromatic rings. The third-order valence-corrected chi connectivity index (χ3v) is 8.72. The lowest BCUT2D eigenvalue weighted by Crippen LogP contribution is -2.53. The van der Waals surface area contributed by atoms with Gasteiger partial charge in [0.15, 0.2) is 0 Å². The van der Waals surface area contributed by atoms with Crippen LogP contribution in [0.2, 0.25) is 0 Å². The molecule has 0 N–H and O–H groups in total. The number of quaternary nitrogens is 1. The summed E-state index contributed by atoms with van der Waals surface area (Å²) in [4.78, 5) is 25.8. The van der Waals surface area contributed by atoms with Gasteiger partial charge in [0, 0.05) is 0 Å². The van der Waals surface area contributed by atoms with Gasteiger partial charge in [0.2, 0.25) is 0 Å². The molecular formula is C35H70NO2+. The van der Waals surface area contributed by atoms with Crippen LogP contribution in [-0.2, 0) is 9.59 Å². The second-order valence-electron chi connectivity index (χ2n) is 12.3. The Balaban J connectivity index is 3.73. The largest absolute Gasteiger partial charge is 0.320 e. The Morgan fingerprint density at radius 3 is 0.789 bits per heavy atom. The van der Waals surface area contributed by atoms with E-state index in [1.54, 1.807) is 0 Å². The quantitative estimate of drug-likeness (QED) is 0.0703. The average Bonchev–Trinajstić information content (AvgIpc) is 2.93. The van der Waals surface area contributed by atoms with Gasteiger partial charge in [-0.05, 0) is 19.8 Å². The minimum Gasteiger partial charge on any atom is -0.230 e. The Labute approximate surface area is 239 Å². The fourth-order valence-electron chi connectivity index (χ4n) is 5.57. The molecule has 0 saturated carbocycles. The van der Waals surface area contributed by atoms with Crippen LogP contribution in [0.25, 0.3) is 0 Å². The smallest absolute Gasteiger partial charge is 0.230 e. The monoisotopic (exact) mass is 537 g/mol. The molecule has 0 aliphatic rings. The first kappa shape index (κ1) is 37.3. The normalized spacial score (nSPS) is 11.8. The highest BCUT2D eigenvalue weighted by atomic mass is 16.2. The minimum absolute atomic E-state index is 0.0104. The number of imide groups is 1. The molecule has 0 heterocycles. The van der Waals surface area contributed by atoms with Crippen molar-refractivity contribution in [3.05, 3.63) is 0 Å². The number of hydrogen-bond acceptors (Lipinski definition) is 2. The predicted molar refractivity (Wildman–Crippen MR) is 167 cm³/mol.